The van der Waals surface area contributed by atoms with Gasteiger partial charge in [-0.1, -0.05) is 36.4 Å². The summed E-state index contributed by atoms with van der Waals surface area (Å²) in [6.07, 6.45) is 4.24. The third-order valence-corrected chi connectivity index (χ3v) is 8.16. The lowest BCUT2D eigenvalue weighted by Crippen LogP contribution is -2.60. The molecule has 0 amide bonds. The number of hydrogen-bond donors (Lipinski definition) is 1. The molecule has 1 aliphatic heterocycles. The molecule has 1 N–H and O–H groups in total. The normalized spacial score (nSPS) is 33.4. The van der Waals surface area contributed by atoms with Crippen molar-refractivity contribution in [1.29, 1.82) is 0 Å². The molecule has 1 saturated heterocycles. The van der Waals surface area contributed by atoms with Gasteiger partial charge in [0.25, 0.3) is 0 Å². The van der Waals surface area contributed by atoms with Gasteiger partial charge in [-0.15, -0.1) is 11.8 Å². The van der Waals surface area contributed by atoms with Gasteiger partial charge in [-0.25, -0.2) is 0 Å². The minimum absolute atomic E-state index is 0.0400. The minimum Gasteiger partial charge on any atom is -0.469 e. The second kappa shape index (κ2) is 6.11. The zero-order chi connectivity index (χ0) is 18.6. The van der Waals surface area contributed by atoms with E-state index in [4.69, 9.17) is 4.74 Å². The molecule has 140 valence electrons. The molecule has 4 unspecified atom stereocenters. The molecule has 1 saturated carbocycles. The molecule has 3 nitrogen and oxygen atoms in total. The van der Waals surface area contributed by atoms with Crippen LogP contribution in [0, 0.1) is 11.3 Å². The molecule has 27 heavy (non-hydrogen) atoms. The summed E-state index contributed by atoms with van der Waals surface area (Å²) in [4.78, 5) is 14.5. The predicted octanol–water partition coefficient (Wildman–Crippen LogP) is 3.96. The summed E-state index contributed by atoms with van der Waals surface area (Å²) in [5, 5.41) is 3.57. The number of benzene rings is 2. The Balaban J connectivity index is 1.79. The second-order valence-electron chi connectivity index (χ2n) is 8.09. The highest BCUT2D eigenvalue weighted by molar-refractivity contribution is 7.98. The molecule has 2 bridgehead atoms. The summed E-state index contributed by atoms with van der Waals surface area (Å²) in [5.41, 5.74) is 3.53. The smallest absolute Gasteiger partial charge is 0.314 e. The zero-order valence-electron chi connectivity index (χ0n) is 15.8. The van der Waals surface area contributed by atoms with Gasteiger partial charge in [-0.05, 0) is 47.9 Å². The molecule has 4 heteroatoms. The summed E-state index contributed by atoms with van der Waals surface area (Å²) in [6, 6.07) is 17.8. The number of carbonyl (C=O) groups excluding carboxylic acids is 1. The van der Waals surface area contributed by atoms with Crippen LogP contribution in [0.5, 0.6) is 0 Å². The van der Waals surface area contributed by atoms with E-state index in [1.807, 2.05) is 0 Å². The Bertz CT molecular complexity index is 896. The Morgan fingerprint density at radius 1 is 1.19 bits per heavy atom. The van der Waals surface area contributed by atoms with E-state index in [9.17, 15) is 4.79 Å². The predicted molar refractivity (Wildman–Crippen MR) is 108 cm³/mol. The molecule has 2 fully saturated rings. The average molecular weight is 380 g/mol. The fourth-order valence-electron chi connectivity index (χ4n) is 6.41. The number of thioether (sulfide) groups is 1. The maximum Gasteiger partial charge on any atom is 0.314 e. The molecule has 4 aliphatic rings. The van der Waals surface area contributed by atoms with Crippen molar-refractivity contribution in [2.75, 3.05) is 26.5 Å². The number of nitrogens with one attached hydrogen (secondary N) is 1. The first-order valence-electron chi connectivity index (χ1n) is 9.71. The lowest BCUT2D eigenvalue weighted by Gasteiger charge is -2.59. The number of ether oxygens (including phenoxy) is 1. The van der Waals surface area contributed by atoms with E-state index in [2.05, 4.69) is 60.1 Å². The zero-order valence-corrected chi connectivity index (χ0v) is 16.6. The Labute approximate surface area is 164 Å². The van der Waals surface area contributed by atoms with Gasteiger partial charge in [0.05, 0.1) is 12.5 Å². The Morgan fingerprint density at radius 3 is 2.70 bits per heavy atom. The highest BCUT2D eigenvalue weighted by Gasteiger charge is 2.69. The summed E-state index contributed by atoms with van der Waals surface area (Å²) >= 11 is 1.77. The lowest BCUT2D eigenvalue weighted by atomic mass is 9.42. The largest absolute Gasteiger partial charge is 0.469 e. The quantitative estimate of drug-likeness (QED) is 0.647. The molecular formula is C23H25NO2S. The molecule has 1 heterocycles. The van der Waals surface area contributed by atoms with Crippen molar-refractivity contribution in [2.24, 2.45) is 11.3 Å². The standard InChI is InChI=1S/C23H25NO2S/c1-26-21(25)23-14-24-13-20(23)22(15-7-9-16(27-2)10-8-15)12-11-19(23)17-5-3-4-6-18(17)22/h3-10,19-20,24H,11-14H2,1-2H3. The molecule has 0 radical (unpaired) electrons. The van der Waals surface area contributed by atoms with Crippen LogP contribution in [-0.4, -0.2) is 32.4 Å². The molecule has 3 aliphatic carbocycles. The fraction of sp³-hybridized carbons (Fsp3) is 0.435. The first-order chi connectivity index (χ1) is 13.2. The topological polar surface area (TPSA) is 38.3 Å². The van der Waals surface area contributed by atoms with Crippen LogP contribution in [0.25, 0.3) is 0 Å². The number of carbonyl (C=O) groups is 1. The monoisotopic (exact) mass is 379 g/mol. The number of methoxy groups -OCH3 is 1. The van der Waals surface area contributed by atoms with Crippen LogP contribution in [-0.2, 0) is 14.9 Å². The summed E-state index contributed by atoms with van der Waals surface area (Å²) in [5.74, 6) is 0.432. The number of rotatable bonds is 3. The highest BCUT2D eigenvalue weighted by atomic mass is 32.2. The average Bonchev–Trinajstić information content (AvgIpc) is 3.21. The molecule has 2 aromatic rings. The SMILES string of the molecule is COC(=O)C12CNCC1C1(c3ccc(SC)cc3)CCC2c2ccccc21. The van der Waals surface area contributed by atoms with Crippen LogP contribution < -0.4 is 5.32 Å². The molecule has 2 aromatic carbocycles. The van der Waals surface area contributed by atoms with Gasteiger partial charge >= 0.3 is 5.97 Å². The lowest BCUT2D eigenvalue weighted by molar-refractivity contribution is -0.161. The van der Waals surface area contributed by atoms with Crippen LogP contribution in [0.2, 0.25) is 0 Å². The summed E-state index contributed by atoms with van der Waals surface area (Å²) < 4.78 is 5.40. The molecule has 6 rings (SSSR count). The van der Waals surface area contributed by atoms with Crippen LogP contribution in [0.15, 0.2) is 53.4 Å². The fourth-order valence-corrected chi connectivity index (χ4v) is 6.82. The maximum atomic E-state index is 13.2. The van der Waals surface area contributed by atoms with Crippen molar-refractivity contribution in [2.45, 2.75) is 29.1 Å². The van der Waals surface area contributed by atoms with Crippen LogP contribution in [0.1, 0.15) is 35.4 Å². The Hall–Kier alpha value is -1.78. The third-order valence-electron chi connectivity index (χ3n) is 7.42. The van der Waals surface area contributed by atoms with Gasteiger partial charge in [0.1, 0.15) is 0 Å². The van der Waals surface area contributed by atoms with Crippen molar-refractivity contribution in [3.63, 3.8) is 0 Å². The Kier molecular flexibility index (Phi) is 3.92. The van der Waals surface area contributed by atoms with Gasteiger partial charge in [0.15, 0.2) is 0 Å². The molecular weight excluding hydrogens is 354 g/mol. The van der Waals surface area contributed by atoms with E-state index in [0.29, 0.717) is 6.54 Å². The maximum absolute atomic E-state index is 13.2. The van der Waals surface area contributed by atoms with Crippen molar-refractivity contribution >= 4 is 17.7 Å². The van der Waals surface area contributed by atoms with E-state index in [1.54, 1.807) is 18.9 Å². The van der Waals surface area contributed by atoms with Gasteiger partial charge in [0, 0.05) is 35.2 Å². The number of hydrogen-bond acceptors (Lipinski definition) is 4. The van der Waals surface area contributed by atoms with Gasteiger partial charge < -0.3 is 10.1 Å². The molecule has 4 atom stereocenters. The number of esters is 1. The molecule has 0 spiro atoms. The van der Waals surface area contributed by atoms with E-state index < -0.39 is 5.41 Å². The number of fused-ring (bicyclic) bond motifs is 1. The van der Waals surface area contributed by atoms with Crippen LogP contribution in [0.3, 0.4) is 0 Å². The Morgan fingerprint density at radius 2 is 1.96 bits per heavy atom. The highest BCUT2D eigenvalue weighted by Crippen LogP contribution is 2.67. The van der Waals surface area contributed by atoms with Gasteiger partial charge in [0.2, 0.25) is 0 Å². The summed E-state index contributed by atoms with van der Waals surface area (Å²) in [6.45, 7) is 1.58. The van der Waals surface area contributed by atoms with Crippen molar-refractivity contribution in [1.82, 2.24) is 5.32 Å². The minimum atomic E-state index is -0.459. The summed E-state index contributed by atoms with van der Waals surface area (Å²) in [7, 11) is 1.54. The third kappa shape index (κ3) is 2.06. The second-order valence-corrected chi connectivity index (χ2v) is 8.97. The van der Waals surface area contributed by atoms with Crippen molar-refractivity contribution in [3.8, 4) is 0 Å². The van der Waals surface area contributed by atoms with Crippen molar-refractivity contribution < 1.29 is 9.53 Å². The van der Waals surface area contributed by atoms with Crippen LogP contribution >= 0.6 is 11.8 Å². The van der Waals surface area contributed by atoms with Crippen LogP contribution in [0.4, 0.5) is 0 Å². The van der Waals surface area contributed by atoms with E-state index in [0.717, 1.165) is 19.4 Å². The van der Waals surface area contributed by atoms with E-state index in [-0.39, 0.29) is 23.2 Å². The van der Waals surface area contributed by atoms with Gasteiger partial charge in [-0.2, -0.15) is 0 Å². The molecule has 0 aromatic heterocycles. The van der Waals surface area contributed by atoms with Gasteiger partial charge in [-0.3, -0.25) is 4.79 Å². The first kappa shape index (κ1) is 17.3. The first-order valence-corrected chi connectivity index (χ1v) is 10.9. The van der Waals surface area contributed by atoms with Crippen molar-refractivity contribution in [3.05, 3.63) is 65.2 Å². The van der Waals surface area contributed by atoms with E-state index >= 15 is 0 Å². The van der Waals surface area contributed by atoms with E-state index in [1.165, 1.54) is 21.6 Å².